The van der Waals surface area contributed by atoms with Crippen molar-refractivity contribution in [3.05, 3.63) is 12.4 Å². The third-order valence-electron chi connectivity index (χ3n) is 1.96. The molecule has 0 saturated heterocycles. The lowest BCUT2D eigenvalue weighted by Crippen LogP contribution is -2.34. The zero-order valence-corrected chi connectivity index (χ0v) is 8.90. The highest BCUT2D eigenvalue weighted by Gasteiger charge is 2.09. The van der Waals surface area contributed by atoms with Crippen LogP contribution in [0.4, 0.5) is 11.6 Å². The van der Waals surface area contributed by atoms with Gasteiger partial charge < -0.3 is 16.0 Å². The molecule has 1 aromatic heterocycles. The zero-order chi connectivity index (χ0) is 11.3. The van der Waals surface area contributed by atoms with E-state index in [9.17, 15) is 4.79 Å². The van der Waals surface area contributed by atoms with Crippen LogP contribution in [-0.4, -0.2) is 36.0 Å². The van der Waals surface area contributed by atoms with Gasteiger partial charge in [0.05, 0.1) is 6.54 Å². The Balaban J connectivity index is 2.85. The Kier molecular flexibility index (Phi) is 3.84. The van der Waals surface area contributed by atoms with E-state index in [4.69, 9.17) is 5.73 Å². The van der Waals surface area contributed by atoms with Crippen LogP contribution in [0.25, 0.3) is 0 Å². The molecule has 6 heteroatoms. The van der Waals surface area contributed by atoms with E-state index >= 15 is 0 Å². The number of nitrogens with two attached hydrogens (primary N) is 1. The first-order chi connectivity index (χ1) is 7.17. The minimum Gasteiger partial charge on any atom is -0.373 e. The highest BCUT2D eigenvalue weighted by molar-refractivity contribution is 5.79. The number of rotatable bonds is 5. The summed E-state index contributed by atoms with van der Waals surface area (Å²) in [6.45, 7) is 2.77. The fraction of sp³-hybridized carbons (Fsp3) is 0.444. The molecule has 0 radical (unpaired) electrons. The molecular formula is C9H15N5O. The highest BCUT2D eigenvalue weighted by atomic mass is 16.1. The number of amides is 1. The monoisotopic (exact) mass is 209 g/mol. The van der Waals surface area contributed by atoms with Gasteiger partial charge in [0.25, 0.3) is 0 Å². The Hall–Kier alpha value is -1.85. The molecule has 1 rings (SSSR count). The molecule has 1 aromatic rings. The van der Waals surface area contributed by atoms with Gasteiger partial charge in [0.15, 0.2) is 0 Å². The van der Waals surface area contributed by atoms with Crippen molar-refractivity contribution in [1.82, 2.24) is 9.97 Å². The van der Waals surface area contributed by atoms with Crippen LogP contribution in [0, 0.1) is 0 Å². The molecule has 82 valence electrons. The maximum atomic E-state index is 10.8. The first kappa shape index (κ1) is 11.2. The van der Waals surface area contributed by atoms with E-state index < -0.39 is 0 Å². The Bertz CT molecular complexity index is 341. The molecule has 0 bridgehead atoms. The predicted octanol–water partition coefficient (Wildman–Crippen LogP) is -0.170. The molecule has 0 atom stereocenters. The van der Waals surface area contributed by atoms with E-state index in [2.05, 4.69) is 15.3 Å². The predicted molar refractivity (Wildman–Crippen MR) is 58.7 cm³/mol. The van der Waals surface area contributed by atoms with E-state index in [0.29, 0.717) is 18.2 Å². The molecule has 0 unspecified atom stereocenters. The van der Waals surface area contributed by atoms with E-state index in [1.165, 1.54) is 6.33 Å². The maximum absolute atomic E-state index is 10.8. The lowest BCUT2D eigenvalue weighted by atomic mass is 10.4. The molecule has 15 heavy (non-hydrogen) atoms. The van der Waals surface area contributed by atoms with Gasteiger partial charge in [-0.2, -0.15) is 0 Å². The van der Waals surface area contributed by atoms with Gasteiger partial charge in [-0.15, -0.1) is 0 Å². The second-order valence-electron chi connectivity index (χ2n) is 2.99. The lowest BCUT2D eigenvalue weighted by molar-refractivity contribution is -0.116. The van der Waals surface area contributed by atoms with Gasteiger partial charge in [0, 0.05) is 19.7 Å². The maximum Gasteiger partial charge on any atom is 0.236 e. The summed E-state index contributed by atoms with van der Waals surface area (Å²) < 4.78 is 0. The van der Waals surface area contributed by atoms with Crippen LogP contribution in [0.3, 0.4) is 0 Å². The molecule has 0 saturated carbocycles. The van der Waals surface area contributed by atoms with Crippen LogP contribution in [0.2, 0.25) is 0 Å². The van der Waals surface area contributed by atoms with Crippen molar-refractivity contribution in [3.63, 3.8) is 0 Å². The van der Waals surface area contributed by atoms with E-state index in [1.807, 2.05) is 6.92 Å². The molecule has 0 fully saturated rings. The minimum absolute atomic E-state index is 0.163. The van der Waals surface area contributed by atoms with Gasteiger partial charge in [0.2, 0.25) is 5.91 Å². The third-order valence-corrected chi connectivity index (χ3v) is 1.96. The summed E-state index contributed by atoms with van der Waals surface area (Å²) in [5, 5.41) is 2.91. The number of carbonyl (C=O) groups excluding carboxylic acids is 1. The summed E-state index contributed by atoms with van der Waals surface area (Å²) in [6.07, 6.45) is 1.45. The molecule has 0 aliphatic rings. The van der Waals surface area contributed by atoms with E-state index in [1.54, 1.807) is 18.0 Å². The minimum atomic E-state index is -0.374. The van der Waals surface area contributed by atoms with Crippen molar-refractivity contribution >= 4 is 17.5 Å². The Morgan fingerprint density at radius 1 is 1.60 bits per heavy atom. The topological polar surface area (TPSA) is 84.1 Å². The van der Waals surface area contributed by atoms with Crippen LogP contribution in [-0.2, 0) is 4.79 Å². The second kappa shape index (κ2) is 5.14. The van der Waals surface area contributed by atoms with Crippen molar-refractivity contribution in [2.45, 2.75) is 6.92 Å². The Labute approximate surface area is 88.5 Å². The van der Waals surface area contributed by atoms with Crippen molar-refractivity contribution in [2.24, 2.45) is 5.73 Å². The number of hydrogen-bond donors (Lipinski definition) is 2. The number of hydrogen-bond acceptors (Lipinski definition) is 5. The molecule has 0 aromatic carbocycles. The average Bonchev–Trinajstić information content (AvgIpc) is 2.25. The third kappa shape index (κ3) is 3.08. The fourth-order valence-corrected chi connectivity index (χ4v) is 1.20. The molecule has 3 N–H and O–H groups in total. The quantitative estimate of drug-likeness (QED) is 0.703. The number of aromatic nitrogens is 2. The molecule has 0 aliphatic heterocycles. The molecule has 0 spiro atoms. The Morgan fingerprint density at radius 3 is 2.87 bits per heavy atom. The number of primary amides is 1. The smallest absolute Gasteiger partial charge is 0.236 e. The van der Waals surface area contributed by atoms with Crippen LogP contribution in [0.15, 0.2) is 12.4 Å². The summed E-state index contributed by atoms with van der Waals surface area (Å²) in [5.74, 6) is 1.03. The average molecular weight is 209 g/mol. The normalized spacial score (nSPS) is 9.73. The number of nitrogens with zero attached hydrogens (tertiary/aromatic N) is 3. The SMILES string of the molecule is CCN(CC(N)=O)c1cc(NC)ncn1. The van der Waals surface area contributed by atoms with Crippen molar-refractivity contribution in [1.29, 1.82) is 0 Å². The highest BCUT2D eigenvalue weighted by Crippen LogP contribution is 2.12. The van der Waals surface area contributed by atoms with Gasteiger partial charge in [-0.25, -0.2) is 9.97 Å². The summed E-state index contributed by atoms with van der Waals surface area (Å²) >= 11 is 0. The fourth-order valence-electron chi connectivity index (χ4n) is 1.20. The standard InChI is InChI=1S/C9H15N5O/c1-3-14(5-7(10)15)9-4-8(11-2)12-6-13-9/h4,6H,3,5H2,1-2H3,(H2,10,15)(H,11,12,13). The first-order valence-electron chi connectivity index (χ1n) is 4.70. The second-order valence-corrected chi connectivity index (χ2v) is 2.99. The number of likely N-dealkylation sites (N-methyl/N-ethyl adjacent to an activating group) is 1. The largest absolute Gasteiger partial charge is 0.373 e. The van der Waals surface area contributed by atoms with E-state index in [-0.39, 0.29) is 12.5 Å². The zero-order valence-electron chi connectivity index (χ0n) is 8.90. The van der Waals surface area contributed by atoms with Crippen molar-refractivity contribution < 1.29 is 4.79 Å². The number of carbonyl (C=O) groups is 1. The summed E-state index contributed by atoms with van der Waals surface area (Å²) in [7, 11) is 1.77. The Morgan fingerprint density at radius 2 is 2.33 bits per heavy atom. The van der Waals surface area contributed by atoms with E-state index in [0.717, 1.165) is 0 Å². The van der Waals surface area contributed by atoms with Gasteiger partial charge in [-0.3, -0.25) is 4.79 Å². The molecular weight excluding hydrogens is 194 g/mol. The van der Waals surface area contributed by atoms with Crippen LogP contribution < -0.4 is 16.0 Å². The summed E-state index contributed by atoms with van der Waals surface area (Å²) in [4.78, 5) is 20.7. The molecule has 1 amide bonds. The summed E-state index contributed by atoms with van der Waals surface area (Å²) in [5.41, 5.74) is 5.14. The van der Waals surface area contributed by atoms with Gasteiger partial charge in [-0.05, 0) is 6.92 Å². The number of nitrogens with one attached hydrogen (secondary N) is 1. The van der Waals surface area contributed by atoms with Gasteiger partial charge >= 0.3 is 0 Å². The lowest BCUT2D eigenvalue weighted by Gasteiger charge is -2.19. The first-order valence-corrected chi connectivity index (χ1v) is 4.70. The van der Waals surface area contributed by atoms with Crippen molar-refractivity contribution in [2.75, 3.05) is 30.4 Å². The van der Waals surface area contributed by atoms with Crippen molar-refractivity contribution in [3.8, 4) is 0 Å². The summed E-state index contributed by atoms with van der Waals surface area (Å²) in [6, 6.07) is 1.77. The molecule has 0 aliphatic carbocycles. The van der Waals surface area contributed by atoms with Crippen LogP contribution in [0.5, 0.6) is 0 Å². The molecule has 6 nitrogen and oxygen atoms in total. The molecule has 1 heterocycles. The van der Waals surface area contributed by atoms with Crippen LogP contribution in [0.1, 0.15) is 6.92 Å². The van der Waals surface area contributed by atoms with Gasteiger partial charge in [0.1, 0.15) is 18.0 Å². The van der Waals surface area contributed by atoms with Crippen LogP contribution >= 0.6 is 0 Å². The van der Waals surface area contributed by atoms with Gasteiger partial charge in [-0.1, -0.05) is 0 Å². The number of anilines is 2.